The van der Waals surface area contributed by atoms with Gasteiger partial charge in [0.2, 0.25) is 5.91 Å². The molecule has 0 radical (unpaired) electrons. The summed E-state index contributed by atoms with van der Waals surface area (Å²) in [6.45, 7) is 0.308. The van der Waals surface area contributed by atoms with Crippen molar-refractivity contribution in [3.63, 3.8) is 0 Å². The second-order valence-corrected chi connectivity index (χ2v) is 6.57. The summed E-state index contributed by atoms with van der Waals surface area (Å²) >= 11 is 0. The minimum Gasteiger partial charge on any atom is -0.349 e. The highest BCUT2D eigenvalue weighted by Crippen LogP contribution is 2.42. The van der Waals surface area contributed by atoms with Crippen molar-refractivity contribution in [2.45, 2.75) is 69.5 Å². The lowest BCUT2D eigenvalue weighted by atomic mass is 9.76. The predicted octanol–water partition coefficient (Wildman–Crippen LogP) is 3.13. The van der Waals surface area contributed by atoms with Gasteiger partial charge in [-0.2, -0.15) is 13.2 Å². The number of carbonyl (C=O) groups is 1. The fourth-order valence-electron chi connectivity index (χ4n) is 3.80. The maximum Gasteiger partial charge on any atom is 0.392 e. The van der Waals surface area contributed by atoms with Crippen LogP contribution in [0.15, 0.2) is 0 Å². The van der Waals surface area contributed by atoms with E-state index in [2.05, 4.69) is 5.32 Å². The van der Waals surface area contributed by atoms with Gasteiger partial charge in [0.15, 0.2) is 0 Å². The Balaban J connectivity index is 2.06. The van der Waals surface area contributed by atoms with Gasteiger partial charge in [0.25, 0.3) is 0 Å². The monoisotopic (exact) mass is 306 g/mol. The Morgan fingerprint density at radius 3 is 2.29 bits per heavy atom. The Labute approximate surface area is 123 Å². The Kier molecular flexibility index (Phi) is 5.17. The second kappa shape index (κ2) is 6.55. The van der Waals surface area contributed by atoms with E-state index in [9.17, 15) is 18.0 Å². The molecule has 2 rings (SSSR count). The quantitative estimate of drug-likeness (QED) is 0.841. The molecule has 2 unspecified atom stereocenters. The molecule has 2 saturated carbocycles. The Bertz CT molecular complexity index is 364. The van der Waals surface area contributed by atoms with Crippen LogP contribution in [0.3, 0.4) is 0 Å². The van der Waals surface area contributed by atoms with Gasteiger partial charge in [0.1, 0.15) is 0 Å². The molecule has 0 spiro atoms. The fourth-order valence-corrected chi connectivity index (χ4v) is 3.80. The Morgan fingerprint density at radius 1 is 1.10 bits per heavy atom. The van der Waals surface area contributed by atoms with E-state index in [0.29, 0.717) is 25.8 Å². The molecule has 3 nitrogen and oxygen atoms in total. The van der Waals surface area contributed by atoms with E-state index in [1.54, 1.807) is 0 Å². The van der Waals surface area contributed by atoms with Crippen LogP contribution >= 0.6 is 0 Å². The zero-order chi connectivity index (χ0) is 15.5. The standard InChI is InChI=1S/C15H25F3N2O/c16-15(17,18)12-7-3-2-6-11(12)13(21)20-14(10-19)8-4-1-5-9-14/h11-12H,1-10,19H2,(H,20,21). The summed E-state index contributed by atoms with van der Waals surface area (Å²) in [5.74, 6) is -2.88. The largest absolute Gasteiger partial charge is 0.392 e. The molecule has 122 valence electrons. The van der Waals surface area contributed by atoms with Crippen molar-refractivity contribution >= 4 is 5.91 Å². The van der Waals surface area contributed by atoms with Gasteiger partial charge in [-0.1, -0.05) is 32.1 Å². The van der Waals surface area contributed by atoms with Crippen LogP contribution in [0.2, 0.25) is 0 Å². The smallest absolute Gasteiger partial charge is 0.349 e. The van der Waals surface area contributed by atoms with E-state index >= 15 is 0 Å². The van der Waals surface area contributed by atoms with Crippen LogP contribution in [0, 0.1) is 11.8 Å². The predicted molar refractivity (Wildman–Crippen MR) is 74.5 cm³/mol. The fraction of sp³-hybridized carbons (Fsp3) is 0.933. The third-order valence-corrected chi connectivity index (χ3v) is 5.11. The first kappa shape index (κ1) is 16.6. The van der Waals surface area contributed by atoms with Gasteiger partial charge >= 0.3 is 6.18 Å². The van der Waals surface area contributed by atoms with Gasteiger partial charge in [-0.05, 0) is 25.7 Å². The molecule has 0 aromatic heterocycles. The normalized spacial score (nSPS) is 29.9. The number of hydrogen-bond acceptors (Lipinski definition) is 2. The van der Waals surface area contributed by atoms with E-state index in [0.717, 1.165) is 32.1 Å². The molecule has 2 aliphatic carbocycles. The molecule has 1 amide bonds. The van der Waals surface area contributed by atoms with Crippen LogP contribution in [-0.2, 0) is 4.79 Å². The topological polar surface area (TPSA) is 55.1 Å². The number of alkyl halides is 3. The van der Waals surface area contributed by atoms with Crippen molar-refractivity contribution in [2.75, 3.05) is 6.54 Å². The number of amides is 1. The summed E-state index contributed by atoms with van der Waals surface area (Å²) < 4.78 is 39.3. The van der Waals surface area contributed by atoms with E-state index in [4.69, 9.17) is 5.73 Å². The number of nitrogens with two attached hydrogens (primary N) is 1. The van der Waals surface area contributed by atoms with Gasteiger partial charge in [-0.3, -0.25) is 4.79 Å². The van der Waals surface area contributed by atoms with E-state index < -0.39 is 29.5 Å². The summed E-state index contributed by atoms with van der Waals surface area (Å²) in [7, 11) is 0. The van der Waals surface area contributed by atoms with Crippen molar-refractivity contribution in [1.82, 2.24) is 5.32 Å². The van der Waals surface area contributed by atoms with Gasteiger partial charge < -0.3 is 11.1 Å². The first-order chi connectivity index (χ1) is 9.88. The highest BCUT2D eigenvalue weighted by molar-refractivity contribution is 5.80. The summed E-state index contributed by atoms with van der Waals surface area (Å²) in [6, 6.07) is 0. The van der Waals surface area contributed by atoms with E-state index in [-0.39, 0.29) is 6.42 Å². The van der Waals surface area contributed by atoms with Gasteiger partial charge in [0, 0.05) is 12.5 Å². The lowest BCUT2D eigenvalue weighted by molar-refractivity contribution is -0.198. The van der Waals surface area contributed by atoms with E-state index in [1.807, 2.05) is 0 Å². The second-order valence-electron chi connectivity index (χ2n) is 6.57. The SMILES string of the molecule is NCC1(NC(=O)C2CCCCC2C(F)(F)F)CCCCC1. The van der Waals surface area contributed by atoms with Gasteiger partial charge in [0.05, 0.1) is 11.5 Å². The van der Waals surface area contributed by atoms with Crippen molar-refractivity contribution in [2.24, 2.45) is 17.6 Å². The lowest BCUT2D eigenvalue weighted by Crippen LogP contribution is -2.57. The van der Waals surface area contributed by atoms with Crippen molar-refractivity contribution in [3.05, 3.63) is 0 Å². The first-order valence-corrected chi connectivity index (χ1v) is 7.97. The highest BCUT2D eigenvalue weighted by atomic mass is 19.4. The molecular weight excluding hydrogens is 281 g/mol. The van der Waals surface area contributed by atoms with Gasteiger partial charge in [-0.15, -0.1) is 0 Å². The molecule has 2 aliphatic rings. The van der Waals surface area contributed by atoms with Crippen LogP contribution < -0.4 is 11.1 Å². The van der Waals surface area contributed by atoms with Crippen LogP contribution in [0.5, 0.6) is 0 Å². The minimum absolute atomic E-state index is 0.0667. The molecule has 2 atom stereocenters. The molecule has 21 heavy (non-hydrogen) atoms. The van der Waals surface area contributed by atoms with Crippen molar-refractivity contribution < 1.29 is 18.0 Å². The number of carbonyl (C=O) groups excluding carboxylic acids is 1. The molecule has 0 aromatic carbocycles. The molecule has 2 fully saturated rings. The number of halogens is 3. The molecule has 0 heterocycles. The average molecular weight is 306 g/mol. The van der Waals surface area contributed by atoms with Gasteiger partial charge in [-0.25, -0.2) is 0 Å². The van der Waals surface area contributed by atoms with Crippen molar-refractivity contribution in [3.8, 4) is 0 Å². The Hall–Kier alpha value is -0.780. The van der Waals surface area contributed by atoms with Crippen LogP contribution in [0.4, 0.5) is 13.2 Å². The zero-order valence-electron chi connectivity index (χ0n) is 12.3. The minimum atomic E-state index is -4.29. The van der Waals surface area contributed by atoms with Crippen LogP contribution in [0.1, 0.15) is 57.8 Å². The van der Waals surface area contributed by atoms with Crippen LogP contribution in [0.25, 0.3) is 0 Å². The number of rotatable bonds is 3. The Morgan fingerprint density at radius 2 is 1.71 bits per heavy atom. The summed E-state index contributed by atoms with van der Waals surface area (Å²) in [6.07, 6.45) is 1.97. The maximum absolute atomic E-state index is 13.1. The van der Waals surface area contributed by atoms with E-state index in [1.165, 1.54) is 0 Å². The first-order valence-electron chi connectivity index (χ1n) is 7.97. The molecule has 3 N–H and O–H groups in total. The molecule has 0 saturated heterocycles. The zero-order valence-corrected chi connectivity index (χ0v) is 12.3. The number of hydrogen-bond donors (Lipinski definition) is 2. The highest BCUT2D eigenvalue weighted by Gasteiger charge is 2.49. The summed E-state index contributed by atoms with van der Waals surface area (Å²) in [5, 5.41) is 2.89. The third-order valence-electron chi connectivity index (χ3n) is 5.11. The molecule has 0 bridgehead atoms. The molecule has 0 aliphatic heterocycles. The molecule has 0 aromatic rings. The molecular formula is C15H25F3N2O. The summed E-state index contributed by atoms with van der Waals surface area (Å²) in [4.78, 5) is 12.4. The number of nitrogens with one attached hydrogen (secondary N) is 1. The summed E-state index contributed by atoms with van der Waals surface area (Å²) in [5.41, 5.74) is 5.32. The molecule has 6 heteroatoms. The lowest BCUT2D eigenvalue weighted by Gasteiger charge is -2.40. The van der Waals surface area contributed by atoms with Crippen molar-refractivity contribution in [1.29, 1.82) is 0 Å². The van der Waals surface area contributed by atoms with Crippen LogP contribution in [-0.4, -0.2) is 24.2 Å². The maximum atomic E-state index is 13.1. The third kappa shape index (κ3) is 3.90. The average Bonchev–Trinajstić information content (AvgIpc) is 2.47.